The summed E-state index contributed by atoms with van der Waals surface area (Å²) in [6, 6.07) is 0.756. The van der Waals surface area contributed by atoms with Crippen molar-refractivity contribution in [1.82, 2.24) is 5.16 Å². The number of hydrogen-bond donors (Lipinski definition) is 1. The standard InChI is InChI=1S/C6H5NO6S/c1-14(11,12)6(10)4-2-3(5(8)9)7-13-4/h2H,1H3,(H,8,9). The summed E-state index contributed by atoms with van der Waals surface area (Å²) in [5.74, 6) is -2.01. The second-order valence-electron chi connectivity index (χ2n) is 2.44. The molecule has 0 aliphatic rings. The highest BCUT2D eigenvalue weighted by Gasteiger charge is 2.24. The van der Waals surface area contributed by atoms with E-state index in [4.69, 9.17) is 5.11 Å². The number of nitrogens with zero attached hydrogens (tertiary/aromatic N) is 1. The zero-order valence-electron chi connectivity index (χ0n) is 6.92. The van der Waals surface area contributed by atoms with E-state index in [2.05, 4.69) is 9.68 Å². The summed E-state index contributed by atoms with van der Waals surface area (Å²) in [5, 5.41) is 10.1. The third-order valence-electron chi connectivity index (χ3n) is 1.27. The molecule has 0 aliphatic carbocycles. The first kappa shape index (κ1) is 10.4. The number of sulfone groups is 1. The zero-order chi connectivity index (χ0) is 10.9. The van der Waals surface area contributed by atoms with Crippen LogP contribution < -0.4 is 0 Å². The summed E-state index contributed by atoms with van der Waals surface area (Å²) < 4.78 is 25.7. The molecule has 0 atom stereocenters. The fourth-order valence-corrected chi connectivity index (χ4v) is 1.12. The molecule has 0 aromatic carbocycles. The van der Waals surface area contributed by atoms with Gasteiger partial charge in [0.1, 0.15) is 0 Å². The molecule has 0 aliphatic heterocycles. The van der Waals surface area contributed by atoms with Crippen LogP contribution in [-0.2, 0) is 9.84 Å². The van der Waals surface area contributed by atoms with Crippen LogP contribution in [0.2, 0.25) is 0 Å². The molecule has 0 fully saturated rings. The molecule has 0 saturated carbocycles. The third-order valence-corrected chi connectivity index (χ3v) is 2.14. The Balaban J connectivity index is 3.11. The van der Waals surface area contributed by atoms with E-state index in [0.29, 0.717) is 6.26 Å². The van der Waals surface area contributed by atoms with E-state index in [1.165, 1.54) is 0 Å². The maximum atomic E-state index is 11.0. The highest BCUT2D eigenvalue weighted by Crippen LogP contribution is 2.07. The van der Waals surface area contributed by atoms with Gasteiger partial charge in [0.2, 0.25) is 15.6 Å². The molecule has 14 heavy (non-hydrogen) atoms. The Kier molecular flexibility index (Phi) is 2.39. The molecule has 1 rings (SSSR count). The van der Waals surface area contributed by atoms with Gasteiger partial charge in [-0.1, -0.05) is 5.16 Å². The molecule has 76 valence electrons. The lowest BCUT2D eigenvalue weighted by Gasteiger charge is -1.88. The van der Waals surface area contributed by atoms with Gasteiger partial charge in [0, 0.05) is 12.3 Å². The maximum Gasteiger partial charge on any atom is 0.358 e. The van der Waals surface area contributed by atoms with Crippen LogP contribution >= 0.6 is 0 Å². The van der Waals surface area contributed by atoms with Crippen molar-refractivity contribution in [3.05, 3.63) is 17.5 Å². The van der Waals surface area contributed by atoms with E-state index < -0.39 is 32.4 Å². The lowest BCUT2D eigenvalue weighted by atomic mass is 10.4. The molecule has 1 aromatic rings. The fourth-order valence-electron chi connectivity index (χ4n) is 0.655. The largest absolute Gasteiger partial charge is 0.476 e. The Morgan fingerprint density at radius 2 is 2.07 bits per heavy atom. The van der Waals surface area contributed by atoms with Gasteiger partial charge in [0.05, 0.1) is 0 Å². The number of hydrogen-bond acceptors (Lipinski definition) is 6. The van der Waals surface area contributed by atoms with Gasteiger partial charge in [-0.25, -0.2) is 13.2 Å². The zero-order valence-corrected chi connectivity index (χ0v) is 7.74. The first-order valence-electron chi connectivity index (χ1n) is 3.27. The van der Waals surface area contributed by atoms with Gasteiger partial charge in [-0.05, 0) is 0 Å². The predicted molar refractivity (Wildman–Crippen MR) is 42.6 cm³/mol. The first-order chi connectivity index (χ1) is 6.32. The quantitative estimate of drug-likeness (QED) is 0.716. The molecule has 0 amide bonds. The Morgan fingerprint density at radius 3 is 2.43 bits per heavy atom. The van der Waals surface area contributed by atoms with Crippen LogP contribution in [0.1, 0.15) is 21.0 Å². The molecule has 0 unspecified atom stereocenters. The fraction of sp³-hybridized carbons (Fsp3) is 0.167. The van der Waals surface area contributed by atoms with Crippen LogP contribution in [0.25, 0.3) is 0 Å². The van der Waals surface area contributed by atoms with Crippen molar-refractivity contribution >= 4 is 20.9 Å². The van der Waals surface area contributed by atoms with Crippen molar-refractivity contribution < 1.29 is 27.6 Å². The molecular formula is C6H5NO6S. The van der Waals surface area contributed by atoms with Crippen LogP contribution in [0.15, 0.2) is 10.6 Å². The summed E-state index contributed by atoms with van der Waals surface area (Å²) in [7, 11) is -3.93. The highest BCUT2D eigenvalue weighted by atomic mass is 32.2. The summed E-state index contributed by atoms with van der Waals surface area (Å²) in [6.45, 7) is 0. The molecule has 0 saturated heterocycles. The number of rotatable bonds is 2. The molecule has 8 heteroatoms. The van der Waals surface area contributed by atoms with E-state index in [9.17, 15) is 18.0 Å². The minimum atomic E-state index is -3.93. The summed E-state index contributed by atoms with van der Waals surface area (Å²) >= 11 is 0. The second kappa shape index (κ2) is 3.22. The van der Waals surface area contributed by atoms with Gasteiger partial charge in [-0.3, -0.25) is 4.79 Å². The normalized spacial score (nSPS) is 11.2. The summed E-state index contributed by atoms with van der Waals surface area (Å²) in [6.07, 6.45) is 0.693. The second-order valence-corrected chi connectivity index (χ2v) is 4.36. The first-order valence-corrected chi connectivity index (χ1v) is 5.16. The van der Waals surface area contributed by atoms with Gasteiger partial charge >= 0.3 is 11.1 Å². The van der Waals surface area contributed by atoms with Crippen molar-refractivity contribution in [2.75, 3.05) is 6.26 Å². The van der Waals surface area contributed by atoms with Crippen LogP contribution in [0.4, 0.5) is 0 Å². The Bertz CT molecular complexity index is 484. The van der Waals surface area contributed by atoms with Crippen molar-refractivity contribution in [1.29, 1.82) is 0 Å². The van der Waals surface area contributed by atoms with Crippen LogP contribution in [-0.4, -0.2) is 36.0 Å². The minimum Gasteiger partial charge on any atom is -0.476 e. The van der Waals surface area contributed by atoms with Crippen molar-refractivity contribution in [3.63, 3.8) is 0 Å². The summed E-state index contributed by atoms with van der Waals surface area (Å²) in [4.78, 5) is 21.3. The topological polar surface area (TPSA) is 115 Å². The van der Waals surface area contributed by atoms with E-state index in [1.54, 1.807) is 0 Å². The highest BCUT2D eigenvalue weighted by molar-refractivity contribution is 8.06. The van der Waals surface area contributed by atoms with Gasteiger partial charge in [-0.2, -0.15) is 0 Å². The number of carbonyl (C=O) groups excluding carboxylic acids is 1. The molecular weight excluding hydrogens is 214 g/mol. The smallest absolute Gasteiger partial charge is 0.358 e. The van der Waals surface area contributed by atoms with Crippen molar-refractivity contribution in [3.8, 4) is 0 Å². The van der Waals surface area contributed by atoms with Gasteiger partial charge in [0.15, 0.2) is 5.69 Å². The Hall–Kier alpha value is -1.70. The van der Waals surface area contributed by atoms with Gasteiger partial charge < -0.3 is 9.63 Å². The van der Waals surface area contributed by atoms with Gasteiger partial charge in [0.25, 0.3) is 0 Å². The number of carboxylic acids is 1. The molecule has 0 bridgehead atoms. The van der Waals surface area contributed by atoms with Crippen LogP contribution in [0.3, 0.4) is 0 Å². The van der Waals surface area contributed by atoms with E-state index >= 15 is 0 Å². The molecule has 7 nitrogen and oxygen atoms in total. The lowest BCUT2D eigenvalue weighted by Crippen LogP contribution is -2.11. The van der Waals surface area contributed by atoms with Crippen molar-refractivity contribution in [2.45, 2.75) is 0 Å². The average Bonchev–Trinajstić information content (AvgIpc) is 2.48. The number of aromatic nitrogens is 1. The number of aromatic carboxylic acids is 1. The van der Waals surface area contributed by atoms with Gasteiger partial charge in [-0.15, -0.1) is 0 Å². The summed E-state index contributed by atoms with van der Waals surface area (Å²) in [5.41, 5.74) is -0.517. The molecule has 1 N–H and O–H groups in total. The Labute approximate surface area is 78.2 Å². The third kappa shape index (κ3) is 1.96. The predicted octanol–water partition coefficient (Wildman–Crippen LogP) is -0.442. The SMILES string of the molecule is CS(=O)(=O)C(=O)c1cc(C(=O)O)no1. The van der Waals surface area contributed by atoms with Crippen molar-refractivity contribution in [2.24, 2.45) is 0 Å². The average molecular weight is 219 g/mol. The number of carbonyl (C=O) groups is 2. The van der Waals surface area contributed by atoms with Crippen LogP contribution in [0.5, 0.6) is 0 Å². The molecule has 0 spiro atoms. The monoisotopic (exact) mass is 219 g/mol. The van der Waals surface area contributed by atoms with E-state index in [-0.39, 0.29) is 0 Å². The van der Waals surface area contributed by atoms with Crippen LogP contribution in [0, 0.1) is 0 Å². The lowest BCUT2D eigenvalue weighted by molar-refractivity contribution is 0.0685. The minimum absolute atomic E-state index is 0.517. The van der Waals surface area contributed by atoms with E-state index in [1.807, 2.05) is 0 Å². The maximum absolute atomic E-state index is 11.0. The number of carboxylic acid groups (broad SMARTS) is 1. The molecule has 1 aromatic heterocycles. The Morgan fingerprint density at radius 1 is 1.50 bits per heavy atom. The van der Waals surface area contributed by atoms with E-state index in [0.717, 1.165) is 6.07 Å². The molecule has 1 heterocycles. The molecule has 0 radical (unpaired) electrons.